The zero-order valence-electron chi connectivity index (χ0n) is 11.4. The first kappa shape index (κ1) is 14.0. The number of anilines is 1. The van der Waals surface area contributed by atoms with Crippen LogP contribution in [-0.2, 0) is 0 Å². The van der Waals surface area contributed by atoms with Gasteiger partial charge in [0.05, 0.1) is 17.3 Å². The van der Waals surface area contributed by atoms with E-state index < -0.39 is 5.82 Å². The zero-order chi connectivity index (χ0) is 14.5. The van der Waals surface area contributed by atoms with Gasteiger partial charge in [0, 0.05) is 19.4 Å². The molecule has 1 amide bonds. The summed E-state index contributed by atoms with van der Waals surface area (Å²) in [7, 11) is 1.58. The highest BCUT2D eigenvalue weighted by molar-refractivity contribution is 5.99. The van der Waals surface area contributed by atoms with Crippen molar-refractivity contribution in [3.05, 3.63) is 59.7 Å². The van der Waals surface area contributed by atoms with Crippen molar-refractivity contribution < 1.29 is 9.18 Å². The summed E-state index contributed by atoms with van der Waals surface area (Å²) in [6.07, 6.45) is 3.33. The van der Waals surface area contributed by atoms with Gasteiger partial charge in [0.2, 0.25) is 0 Å². The fourth-order valence-electron chi connectivity index (χ4n) is 1.98. The predicted octanol–water partition coefficient (Wildman–Crippen LogP) is 2.75. The van der Waals surface area contributed by atoms with Crippen molar-refractivity contribution in [2.24, 2.45) is 0 Å². The van der Waals surface area contributed by atoms with Crippen LogP contribution in [0.15, 0.2) is 42.7 Å². The lowest BCUT2D eigenvalue weighted by molar-refractivity contribution is 0.0940. The summed E-state index contributed by atoms with van der Waals surface area (Å²) in [5.41, 5.74) is 1.43. The number of benzene rings is 1. The van der Waals surface area contributed by atoms with Crippen LogP contribution in [-0.4, -0.2) is 17.9 Å². The standard InChI is InChI=1S/C15H16FN3O/c1-10(11-6-8-18-9-7-11)19-15(20)12-4-3-5-13(16)14(12)17-2/h3-10,17H,1-2H3,(H,19,20). The Balaban J connectivity index is 2.19. The van der Waals surface area contributed by atoms with Gasteiger partial charge in [0.25, 0.3) is 5.91 Å². The minimum absolute atomic E-state index is 0.182. The van der Waals surface area contributed by atoms with E-state index >= 15 is 0 Å². The number of aromatic nitrogens is 1. The van der Waals surface area contributed by atoms with Gasteiger partial charge in [-0.1, -0.05) is 6.07 Å². The van der Waals surface area contributed by atoms with E-state index in [4.69, 9.17) is 0 Å². The van der Waals surface area contributed by atoms with Crippen molar-refractivity contribution in [1.82, 2.24) is 10.3 Å². The second kappa shape index (κ2) is 6.14. The Hall–Kier alpha value is -2.43. The van der Waals surface area contributed by atoms with Gasteiger partial charge in [0.1, 0.15) is 5.82 Å². The first-order chi connectivity index (χ1) is 9.63. The average Bonchev–Trinajstić information content (AvgIpc) is 2.47. The maximum absolute atomic E-state index is 13.6. The summed E-state index contributed by atoms with van der Waals surface area (Å²) >= 11 is 0. The number of pyridine rings is 1. The molecule has 2 rings (SSSR count). The van der Waals surface area contributed by atoms with Crippen LogP contribution in [0.1, 0.15) is 28.9 Å². The highest BCUT2D eigenvalue weighted by Crippen LogP contribution is 2.20. The molecule has 4 nitrogen and oxygen atoms in total. The van der Waals surface area contributed by atoms with Crippen LogP contribution in [0, 0.1) is 5.82 Å². The lowest BCUT2D eigenvalue weighted by atomic mass is 10.1. The smallest absolute Gasteiger partial charge is 0.253 e. The molecule has 2 aromatic rings. The van der Waals surface area contributed by atoms with Crippen molar-refractivity contribution >= 4 is 11.6 Å². The molecule has 0 radical (unpaired) electrons. The van der Waals surface area contributed by atoms with Gasteiger partial charge >= 0.3 is 0 Å². The second-order valence-electron chi connectivity index (χ2n) is 4.39. The van der Waals surface area contributed by atoms with Crippen LogP contribution in [0.2, 0.25) is 0 Å². The molecule has 104 valence electrons. The minimum atomic E-state index is -0.447. The third-order valence-electron chi connectivity index (χ3n) is 3.06. The largest absolute Gasteiger partial charge is 0.385 e. The Morgan fingerprint density at radius 3 is 2.60 bits per heavy atom. The van der Waals surface area contributed by atoms with Gasteiger partial charge in [0.15, 0.2) is 0 Å². The Kier molecular flexibility index (Phi) is 4.30. The summed E-state index contributed by atoms with van der Waals surface area (Å²) in [6, 6.07) is 7.89. The molecule has 0 aliphatic rings. The fraction of sp³-hybridized carbons (Fsp3) is 0.200. The van der Waals surface area contributed by atoms with Crippen molar-refractivity contribution in [1.29, 1.82) is 0 Å². The quantitative estimate of drug-likeness (QED) is 0.900. The van der Waals surface area contributed by atoms with Crippen LogP contribution in [0.25, 0.3) is 0 Å². The first-order valence-corrected chi connectivity index (χ1v) is 6.30. The van der Waals surface area contributed by atoms with Gasteiger partial charge in [-0.05, 0) is 36.8 Å². The van der Waals surface area contributed by atoms with E-state index in [0.29, 0.717) is 0 Å². The molecule has 20 heavy (non-hydrogen) atoms. The van der Waals surface area contributed by atoms with Crippen molar-refractivity contribution in [2.75, 3.05) is 12.4 Å². The van der Waals surface area contributed by atoms with Gasteiger partial charge in [-0.15, -0.1) is 0 Å². The molecule has 5 heteroatoms. The van der Waals surface area contributed by atoms with Gasteiger partial charge < -0.3 is 10.6 Å². The van der Waals surface area contributed by atoms with E-state index in [1.807, 2.05) is 19.1 Å². The molecule has 0 saturated carbocycles. The summed E-state index contributed by atoms with van der Waals surface area (Å²) in [5, 5.41) is 5.55. The minimum Gasteiger partial charge on any atom is -0.385 e. The molecule has 2 N–H and O–H groups in total. The number of carbonyl (C=O) groups excluding carboxylic acids is 1. The van der Waals surface area contributed by atoms with E-state index in [-0.39, 0.29) is 23.2 Å². The van der Waals surface area contributed by atoms with Crippen molar-refractivity contribution in [3.8, 4) is 0 Å². The predicted molar refractivity (Wildman–Crippen MR) is 76.1 cm³/mol. The number of nitrogens with zero attached hydrogens (tertiary/aromatic N) is 1. The summed E-state index contributed by atoms with van der Waals surface area (Å²) < 4.78 is 13.6. The first-order valence-electron chi connectivity index (χ1n) is 6.30. The molecule has 0 spiro atoms. The van der Waals surface area contributed by atoms with Crippen LogP contribution in [0.4, 0.5) is 10.1 Å². The van der Waals surface area contributed by atoms with Crippen LogP contribution in [0.3, 0.4) is 0 Å². The number of rotatable bonds is 4. The van der Waals surface area contributed by atoms with Crippen LogP contribution in [0.5, 0.6) is 0 Å². The van der Waals surface area contributed by atoms with Gasteiger partial charge in [-0.3, -0.25) is 9.78 Å². The molecule has 1 aromatic heterocycles. The molecule has 1 heterocycles. The third-order valence-corrected chi connectivity index (χ3v) is 3.06. The topological polar surface area (TPSA) is 54.0 Å². The third kappa shape index (κ3) is 2.93. The van der Waals surface area contributed by atoms with E-state index in [0.717, 1.165) is 5.56 Å². The van der Waals surface area contributed by atoms with Gasteiger partial charge in [-0.25, -0.2) is 4.39 Å². The van der Waals surface area contributed by atoms with E-state index in [1.54, 1.807) is 25.5 Å². The Bertz CT molecular complexity index is 601. The van der Waals surface area contributed by atoms with E-state index in [9.17, 15) is 9.18 Å². The lowest BCUT2D eigenvalue weighted by Crippen LogP contribution is -2.27. The summed E-state index contributed by atoms with van der Waals surface area (Å²) in [5.74, 6) is -0.769. The molecule has 0 aliphatic heterocycles. The molecule has 1 unspecified atom stereocenters. The molecule has 1 aromatic carbocycles. The maximum Gasteiger partial charge on any atom is 0.253 e. The fourth-order valence-corrected chi connectivity index (χ4v) is 1.98. The number of halogens is 1. The number of nitrogens with one attached hydrogen (secondary N) is 2. The number of hydrogen-bond acceptors (Lipinski definition) is 3. The van der Waals surface area contributed by atoms with Crippen molar-refractivity contribution in [3.63, 3.8) is 0 Å². The normalized spacial score (nSPS) is 11.8. The average molecular weight is 273 g/mol. The Morgan fingerprint density at radius 1 is 1.25 bits per heavy atom. The molecule has 1 atom stereocenters. The monoisotopic (exact) mass is 273 g/mol. The summed E-state index contributed by atoms with van der Waals surface area (Å²) in [6.45, 7) is 1.87. The van der Waals surface area contributed by atoms with Crippen molar-refractivity contribution in [2.45, 2.75) is 13.0 Å². The van der Waals surface area contributed by atoms with E-state index in [1.165, 1.54) is 12.1 Å². The highest BCUT2D eigenvalue weighted by atomic mass is 19.1. The molecule has 0 fully saturated rings. The molecular formula is C15H16FN3O. The summed E-state index contributed by atoms with van der Waals surface area (Å²) in [4.78, 5) is 16.2. The number of hydrogen-bond donors (Lipinski definition) is 2. The SMILES string of the molecule is CNc1c(F)cccc1C(=O)NC(C)c1ccncc1. The second-order valence-corrected chi connectivity index (χ2v) is 4.39. The zero-order valence-corrected chi connectivity index (χ0v) is 11.4. The maximum atomic E-state index is 13.6. The number of carbonyl (C=O) groups is 1. The van der Waals surface area contributed by atoms with Crippen LogP contribution >= 0.6 is 0 Å². The van der Waals surface area contributed by atoms with Crippen LogP contribution < -0.4 is 10.6 Å². The molecular weight excluding hydrogens is 257 g/mol. The number of amides is 1. The molecule has 0 saturated heterocycles. The Morgan fingerprint density at radius 2 is 1.95 bits per heavy atom. The number of para-hydroxylation sites is 1. The highest BCUT2D eigenvalue weighted by Gasteiger charge is 2.16. The lowest BCUT2D eigenvalue weighted by Gasteiger charge is -2.16. The van der Waals surface area contributed by atoms with E-state index in [2.05, 4.69) is 15.6 Å². The van der Waals surface area contributed by atoms with Gasteiger partial charge in [-0.2, -0.15) is 0 Å². The Labute approximate surface area is 117 Å². The molecule has 0 bridgehead atoms. The molecule has 0 aliphatic carbocycles.